The number of carbonyl (C=O) groups excluding carboxylic acids is 4. The predicted octanol–water partition coefficient (Wildman–Crippen LogP) is 1.87. The van der Waals surface area contributed by atoms with Gasteiger partial charge in [0.05, 0.1) is 18.7 Å². The van der Waals surface area contributed by atoms with Crippen molar-refractivity contribution in [3.05, 3.63) is 59.7 Å². The zero-order chi connectivity index (χ0) is 20.5. The van der Waals surface area contributed by atoms with Crippen molar-refractivity contribution in [2.75, 3.05) is 23.8 Å². The molecule has 0 atom stereocenters. The lowest BCUT2D eigenvalue weighted by Gasteiger charge is -2.08. The quantitative estimate of drug-likeness (QED) is 0.520. The number of nitrogens with one attached hydrogen (secondary N) is 3. The molecule has 0 bridgehead atoms. The molecule has 8 heteroatoms. The minimum atomic E-state index is -0.923. The zero-order valence-corrected chi connectivity index (χ0v) is 15.6. The lowest BCUT2D eigenvalue weighted by atomic mass is 10.2. The highest BCUT2D eigenvalue weighted by Gasteiger charge is 2.15. The monoisotopic (exact) mass is 383 g/mol. The van der Waals surface area contributed by atoms with Gasteiger partial charge in [-0.2, -0.15) is 0 Å². The van der Waals surface area contributed by atoms with Gasteiger partial charge in [0, 0.05) is 11.4 Å². The molecular weight excluding hydrogens is 362 g/mol. The van der Waals surface area contributed by atoms with Crippen LogP contribution in [0.1, 0.15) is 22.8 Å². The summed E-state index contributed by atoms with van der Waals surface area (Å²) >= 11 is 0. The third kappa shape index (κ3) is 6.24. The number of amides is 3. The molecule has 8 nitrogen and oxygen atoms in total. The average molecular weight is 383 g/mol. The van der Waals surface area contributed by atoms with Crippen molar-refractivity contribution in [1.29, 1.82) is 0 Å². The number of carbonyl (C=O) groups is 4. The summed E-state index contributed by atoms with van der Waals surface area (Å²) < 4.78 is 4.87. The summed E-state index contributed by atoms with van der Waals surface area (Å²) in [7, 11) is 0. The molecule has 28 heavy (non-hydrogen) atoms. The number of benzene rings is 2. The summed E-state index contributed by atoms with van der Waals surface area (Å²) in [6.07, 6.45) is 0. The number of hydrogen-bond acceptors (Lipinski definition) is 5. The summed E-state index contributed by atoms with van der Waals surface area (Å²) in [5.41, 5.74) is 2.31. The van der Waals surface area contributed by atoms with Gasteiger partial charge in [0.2, 0.25) is 5.91 Å². The van der Waals surface area contributed by atoms with E-state index in [9.17, 15) is 19.2 Å². The first kappa shape index (κ1) is 20.6. The van der Waals surface area contributed by atoms with E-state index in [1.165, 1.54) is 24.3 Å². The maximum atomic E-state index is 11.9. The molecule has 0 heterocycles. The molecule has 0 aliphatic carbocycles. The molecular formula is C20H21N3O5. The van der Waals surface area contributed by atoms with Crippen LogP contribution in [0.15, 0.2) is 48.5 Å². The molecule has 2 rings (SSSR count). The molecule has 146 valence electrons. The van der Waals surface area contributed by atoms with E-state index in [0.29, 0.717) is 16.9 Å². The molecule has 0 radical (unpaired) electrons. The molecule has 0 unspecified atom stereocenters. The van der Waals surface area contributed by atoms with Crippen LogP contribution < -0.4 is 16.0 Å². The van der Waals surface area contributed by atoms with E-state index in [-0.39, 0.29) is 13.2 Å². The van der Waals surface area contributed by atoms with Crippen LogP contribution in [0.3, 0.4) is 0 Å². The Hall–Kier alpha value is -3.68. The Morgan fingerprint density at radius 1 is 0.821 bits per heavy atom. The average Bonchev–Trinajstić information content (AvgIpc) is 2.68. The van der Waals surface area contributed by atoms with E-state index in [1.54, 1.807) is 31.2 Å². The Morgan fingerprint density at radius 2 is 1.39 bits per heavy atom. The van der Waals surface area contributed by atoms with Crippen molar-refractivity contribution in [3.63, 3.8) is 0 Å². The summed E-state index contributed by atoms with van der Waals surface area (Å²) in [4.78, 5) is 47.1. The first-order chi connectivity index (χ1) is 13.4. The smallest absolute Gasteiger partial charge is 0.338 e. The van der Waals surface area contributed by atoms with Crippen LogP contribution >= 0.6 is 0 Å². The van der Waals surface area contributed by atoms with Crippen LogP contribution in [0.25, 0.3) is 0 Å². The molecule has 0 saturated heterocycles. The molecule has 3 amide bonds. The van der Waals surface area contributed by atoms with E-state index < -0.39 is 23.7 Å². The fraction of sp³-hybridized carbons (Fsp3) is 0.200. The molecule has 0 spiro atoms. The molecule has 0 aromatic heterocycles. The highest BCUT2D eigenvalue weighted by molar-refractivity contribution is 6.39. The number of anilines is 2. The largest absolute Gasteiger partial charge is 0.462 e. The Morgan fingerprint density at radius 3 is 2.00 bits per heavy atom. The number of hydrogen-bond donors (Lipinski definition) is 3. The standard InChI is InChI=1S/C20H21N3O5/c1-3-28-20(27)14-6-10-15(11-7-14)22-17(24)12-21-18(25)19(26)23-16-8-4-13(2)5-9-16/h4-11H,3,12H2,1-2H3,(H,21,25)(H,22,24)(H,23,26). The summed E-state index contributed by atoms with van der Waals surface area (Å²) in [6.45, 7) is 3.51. The molecule has 0 aliphatic heterocycles. The minimum absolute atomic E-state index is 0.272. The van der Waals surface area contributed by atoms with E-state index in [1.807, 2.05) is 6.92 Å². The maximum Gasteiger partial charge on any atom is 0.338 e. The maximum absolute atomic E-state index is 11.9. The van der Waals surface area contributed by atoms with Crippen molar-refractivity contribution in [2.24, 2.45) is 0 Å². The topological polar surface area (TPSA) is 114 Å². The highest BCUT2D eigenvalue weighted by atomic mass is 16.5. The van der Waals surface area contributed by atoms with Crippen molar-refractivity contribution in [2.45, 2.75) is 13.8 Å². The van der Waals surface area contributed by atoms with Crippen molar-refractivity contribution in [1.82, 2.24) is 5.32 Å². The van der Waals surface area contributed by atoms with Crippen LogP contribution in [0.2, 0.25) is 0 Å². The fourth-order valence-corrected chi connectivity index (χ4v) is 2.17. The van der Waals surface area contributed by atoms with Gasteiger partial charge in [0.25, 0.3) is 0 Å². The molecule has 0 fully saturated rings. The Balaban J connectivity index is 1.79. The van der Waals surface area contributed by atoms with Gasteiger partial charge < -0.3 is 20.7 Å². The number of rotatable bonds is 6. The van der Waals surface area contributed by atoms with E-state index in [2.05, 4.69) is 16.0 Å². The first-order valence-electron chi connectivity index (χ1n) is 8.62. The molecule has 0 aliphatic rings. The van der Waals surface area contributed by atoms with Gasteiger partial charge in [-0.1, -0.05) is 17.7 Å². The van der Waals surface area contributed by atoms with Crippen LogP contribution in [0.4, 0.5) is 11.4 Å². The van der Waals surface area contributed by atoms with E-state index in [0.717, 1.165) is 5.56 Å². The second kappa shape index (κ2) is 9.86. The SMILES string of the molecule is CCOC(=O)c1ccc(NC(=O)CNC(=O)C(=O)Nc2ccc(C)cc2)cc1. The molecule has 0 saturated carbocycles. The minimum Gasteiger partial charge on any atom is -0.462 e. The van der Waals surface area contributed by atoms with Gasteiger partial charge >= 0.3 is 17.8 Å². The predicted molar refractivity (Wildman–Crippen MR) is 104 cm³/mol. The molecule has 2 aromatic rings. The lowest BCUT2D eigenvalue weighted by molar-refractivity contribution is -0.136. The summed E-state index contributed by atoms with van der Waals surface area (Å²) in [5.74, 6) is -2.75. The number of aryl methyl sites for hydroxylation is 1. The van der Waals surface area contributed by atoms with Gasteiger partial charge in [0.1, 0.15) is 0 Å². The second-order valence-corrected chi connectivity index (χ2v) is 5.85. The number of esters is 1. The van der Waals surface area contributed by atoms with Crippen LogP contribution in [0, 0.1) is 6.92 Å². The third-order valence-electron chi connectivity index (χ3n) is 3.60. The van der Waals surface area contributed by atoms with Gasteiger partial charge in [-0.3, -0.25) is 14.4 Å². The van der Waals surface area contributed by atoms with Gasteiger partial charge in [0.15, 0.2) is 0 Å². The van der Waals surface area contributed by atoms with Crippen molar-refractivity contribution in [3.8, 4) is 0 Å². The Labute approximate surface area is 162 Å². The van der Waals surface area contributed by atoms with Crippen LogP contribution in [-0.2, 0) is 19.1 Å². The van der Waals surface area contributed by atoms with Crippen LogP contribution in [-0.4, -0.2) is 36.8 Å². The third-order valence-corrected chi connectivity index (χ3v) is 3.60. The van der Waals surface area contributed by atoms with Gasteiger partial charge in [-0.15, -0.1) is 0 Å². The van der Waals surface area contributed by atoms with Crippen LogP contribution in [0.5, 0.6) is 0 Å². The number of ether oxygens (including phenoxy) is 1. The first-order valence-corrected chi connectivity index (χ1v) is 8.62. The van der Waals surface area contributed by atoms with Gasteiger partial charge in [-0.05, 0) is 50.2 Å². The summed E-state index contributed by atoms with van der Waals surface area (Å²) in [5, 5.41) is 7.24. The zero-order valence-electron chi connectivity index (χ0n) is 15.6. The molecule has 3 N–H and O–H groups in total. The van der Waals surface area contributed by atoms with Crippen molar-refractivity contribution < 1.29 is 23.9 Å². The van der Waals surface area contributed by atoms with E-state index >= 15 is 0 Å². The molecule has 2 aromatic carbocycles. The van der Waals surface area contributed by atoms with Crippen molar-refractivity contribution >= 4 is 35.1 Å². The Kier molecular flexibility index (Phi) is 7.27. The normalized spacial score (nSPS) is 9.93. The van der Waals surface area contributed by atoms with E-state index in [4.69, 9.17) is 4.74 Å². The Bertz CT molecular complexity index is 860. The lowest BCUT2D eigenvalue weighted by Crippen LogP contribution is -2.39. The van der Waals surface area contributed by atoms with Gasteiger partial charge in [-0.25, -0.2) is 4.79 Å². The fourth-order valence-electron chi connectivity index (χ4n) is 2.17. The second-order valence-electron chi connectivity index (χ2n) is 5.85. The summed E-state index contributed by atoms with van der Waals surface area (Å²) in [6, 6.07) is 13.1. The highest BCUT2D eigenvalue weighted by Crippen LogP contribution is 2.10.